The summed E-state index contributed by atoms with van der Waals surface area (Å²) in [6.45, 7) is 1.06. The lowest BCUT2D eigenvalue weighted by Gasteiger charge is -2.17. The van der Waals surface area contributed by atoms with Crippen molar-refractivity contribution in [3.63, 3.8) is 0 Å². The topological polar surface area (TPSA) is 46.3 Å². The number of rotatable bonds is 6. The quantitative estimate of drug-likeness (QED) is 0.769. The van der Waals surface area contributed by atoms with Crippen LogP contribution in [0, 0.1) is 5.82 Å². The van der Waals surface area contributed by atoms with Crippen molar-refractivity contribution in [1.29, 1.82) is 0 Å². The summed E-state index contributed by atoms with van der Waals surface area (Å²) in [5.74, 6) is -0.200. The third kappa shape index (κ3) is 4.95. The molecule has 1 aromatic rings. The van der Waals surface area contributed by atoms with Gasteiger partial charge in [-0.2, -0.15) is 0 Å². The lowest BCUT2D eigenvalue weighted by molar-refractivity contribution is -0.130. The summed E-state index contributed by atoms with van der Waals surface area (Å²) in [5.41, 5.74) is 6.17. The molecule has 3 nitrogen and oxygen atoms in total. The zero-order chi connectivity index (χ0) is 12.7. The molecule has 0 bridgehead atoms. The molecule has 2 N–H and O–H groups in total. The summed E-state index contributed by atoms with van der Waals surface area (Å²) in [4.78, 5) is 13.3. The van der Waals surface area contributed by atoms with E-state index in [9.17, 15) is 9.18 Å². The molecule has 4 heteroatoms. The molecular formula is C13H19FN2O. The molecule has 1 rings (SSSR count). The minimum atomic E-state index is -0.272. The van der Waals surface area contributed by atoms with E-state index in [4.69, 9.17) is 5.73 Å². The number of carbonyl (C=O) groups is 1. The highest BCUT2D eigenvalue weighted by Crippen LogP contribution is 2.08. The Morgan fingerprint density at radius 2 is 2.18 bits per heavy atom. The molecule has 0 saturated heterocycles. The highest BCUT2D eigenvalue weighted by Gasteiger charge is 2.08. The minimum Gasteiger partial charge on any atom is -0.341 e. The third-order valence-corrected chi connectivity index (χ3v) is 2.58. The second kappa shape index (κ2) is 7.01. The van der Waals surface area contributed by atoms with E-state index in [0.29, 0.717) is 19.5 Å². The van der Waals surface area contributed by atoms with Crippen LogP contribution in [0.1, 0.15) is 24.8 Å². The van der Waals surface area contributed by atoms with Crippen LogP contribution in [-0.4, -0.2) is 24.4 Å². The molecule has 1 amide bonds. The first kappa shape index (κ1) is 13.6. The van der Waals surface area contributed by atoms with Gasteiger partial charge in [-0.25, -0.2) is 4.39 Å². The second-order valence-electron chi connectivity index (χ2n) is 4.13. The van der Waals surface area contributed by atoms with Gasteiger partial charge in [0, 0.05) is 20.0 Å². The van der Waals surface area contributed by atoms with Gasteiger partial charge in [0.1, 0.15) is 5.82 Å². The van der Waals surface area contributed by atoms with Crippen LogP contribution < -0.4 is 5.73 Å². The van der Waals surface area contributed by atoms with Crippen LogP contribution in [0.15, 0.2) is 24.3 Å². The van der Waals surface area contributed by atoms with Gasteiger partial charge in [-0.1, -0.05) is 12.1 Å². The number of halogens is 1. The molecule has 0 radical (unpaired) electrons. The summed E-state index contributed by atoms with van der Waals surface area (Å²) < 4.78 is 12.9. The van der Waals surface area contributed by atoms with E-state index in [2.05, 4.69) is 0 Å². The van der Waals surface area contributed by atoms with E-state index in [1.165, 1.54) is 12.1 Å². The van der Waals surface area contributed by atoms with Gasteiger partial charge in [0.2, 0.25) is 5.91 Å². The molecule has 0 unspecified atom stereocenters. The highest BCUT2D eigenvalue weighted by atomic mass is 19.1. The Labute approximate surface area is 101 Å². The molecule has 17 heavy (non-hydrogen) atoms. The molecule has 1 aromatic carbocycles. The Balaban J connectivity index is 2.43. The lowest BCUT2D eigenvalue weighted by Crippen LogP contribution is -2.26. The molecule has 0 fully saturated rings. The monoisotopic (exact) mass is 238 g/mol. The molecule has 0 spiro atoms. The van der Waals surface area contributed by atoms with Crippen molar-refractivity contribution in [2.24, 2.45) is 5.73 Å². The van der Waals surface area contributed by atoms with Crippen molar-refractivity contribution >= 4 is 5.91 Å². The largest absolute Gasteiger partial charge is 0.341 e. The minimum absolute atomic E-state index is 0.0720. The van der Waals surface area contributed by atoms with E-state index in [0.717, 1.165) is 18.4 Å². The van der Waals surface area contributed by atoms with E-state index in [-0.39, 0.29) is 11.7 Å². The number of nitrogens with two attached hydrogens (primary N) is 1. The maximum absolute atomic E-state index is 12.9. The van der Waals surface area contributed by atoms with Gasteiger partial charge in [-0.05, 0) is 37.1 Å². The number of hydrogen-bond acceptors (Lipinski definition) is 2. The van der Waals surface area contributed by atoms with Crippen molar-refractivity contribution in [3.8, 4) is 0 Å². The molecule has 0 aromatic heterocycles. The Bertz CT molecular complexity index is 368. The van der Waals surface area contributed by atoms with Crippen LogP contribution in [0.3, 0.4) is 0 Å². The number of benzene rings is 1. The molecule has 0 aliphatic carbocycles. The number of hydrogen-bond donors (Lipinski definition) is 1. The number of carbonyl (C=O) groups excluding carboxylic acids is 1. The van der Waals surface area contributed by atoms with Crippen molar-refractivity contribution in [2.75, 3.05) is 13.6 Å². The van der Waals surface area contributed by atoms with Gasteiger partial charge in [-0.15, -0.1) is 0 Å². The summed E-state index contributed by atoms with van der Waals surface area (Å²) in [6.07, 6.45) is 2.17. The lowest BCUT2D eigenvalue weighted by atomic mass is 10.2. The third-order valence-electron chi connectivity index (χ3n) is 2.58. The fourth-order valence-corrected chi connectivity index (χ4v) is 1.61. The molecule has 0 aliphatic rings. The van der Waals surface area contributed by atoms with Crippen LogP contribution in [-0.2, 0) is 11.3 Å². The van der Waals surface area contributed by atoms with E-state index >= 15 is 0 Å². The van der Waals surface area contributed by atoms with Crippen molar-refractivity contribution in [1.82, 2.24) is 4.90 Å². The van der Waals surface area contributed by atoms with Crippen molar-refractivity contribution in [2.45, 2.75) is 25.8 Å². The van der Waals surface area contributed by atoms with Gasteiger partial charge < -0.3 is 10.6 Å². The normalized spacial score (nSPS) is 10.3. The average Bonchev–Trinajstić information content (AvgIpc) is 2.29. The zero-order valence-electron chi connectivity index (χ0n) is 10.2. The summed E-state index contributed by atoms with van der Waals surface area (Å²) in [5, 5.41) is 0. The standard InChI is InChI=1S/C13H19FN2O/c1-16(13(17)7-2-3-8-15)10-11-5-4-6-12(14)9-11/h4-6,9H,2-3,7-8,10,15H2,1H3. The second-order valence-corrected chi connectivity index (χ2v) is 4.13. The first-order valence-corrected chi connectivity index (χ1v) is 5.82. The van der Waals surface area contributed by atoms with Gasteiger partial charge in [0.05, 0.1) is 0 Å². The van der Waals surface area contributed by atoms with Crippen LogP contribution in [0.2, 0.25) is 0 Å². The van der Waals surface area contributed by atoms with Crippen LogP contribution in [0.5, 0.6) is 0 Å². The molecule has 0 saturated carbocycles. The Hall–Kier alpha value is -1.42. The highest BCUT2D eigenvalue weighted by molar-refractivity contribution is 5.75. The van der Waals surface area contributed by atoms with Gasteiger partial charge in [0.25, 0.3) is 0 Å². The number of nitrogens with zero attached hydrogens (tertiary/aromatic N) is 1. The average molecular weight is 238 g/mol. The fraction of sp³-hybridized carbons (Fsp3) is 0.462. The molecule has 0 heterocycles. The van der Waals surface area contributed by atoms with Gasteiger partial charge >= 0.3 is 0 Å². The maximum Gasteiger partial charge on any atom is 0.222 e. The van der Waals surface area contributed by atoms with Gasteiger partial charge in [-0.3, -0.25) is 4.79 Å². The Morgan fingerprint density at radius 3 is 2.82 bits per heavy atom. The first-order valence-electron chi connectivity index (χ1n) is 5.82. The number of amides is 1. The predicted octanol–water partition coefficient (Wildman–Crippen LogP) is 1.91. The molecule has 94 valence electrons. The van der Waals surface area contributed by atoms with E-state index in [1.807, 2.05) is 6.07 Å². The Kier molecular flexibility index (Phi) is 5.63. The smallest absolute Gasteiger partial charge is 0.222 e. The van der Waals surface area contributed by atoms with E-state index < -0.39 is 0 Å². The molecule has 0 aliphatic heterocycles. The Morgan fingerprint density at radius 1 is 1.41 bits per heavy atom. The first-order chi connectivity index (χ1) is 8.13. The molecular weight excluding hydrogens is 219 g/mol. The predicted molar refractivity (Wildman–Crippen MR) is 65.8 cm³/mol. The summed E-state index contributed by atoms with van der Waals surface area (Å²) in [6, 6.07) is 6.31. The zero-order valence-corrected chi connectivity index (χ0v) is 10.2. The van der Waals surface area contributed by atoms with Crippen LogP contribution in [0.25, 0.3) is 0 Å². The summed E-state index contributed by atoms with van der Waals surface area (Å²) >= 11 is 0. The SMILES string of the molecule is CN(Cc1cccc(F)c1)C(=O)CCCCN. The van der Waals surface area contributed by atoms with Gasteiger partial charge in [0.15, 0.2) is 0 Å². The van der Waals surface area contributed by atoms with Crippen LogP contribution in [0.4, 0.5) is 4.39 Å². The summed E-state index contributed by atoms with van der Waals surface area (Å²) in [7, 11) is 1.73. The van der Waals surface area contributed by atoms with E-state index in [1.54, 1.807) is 18.0 Å². The fourth-order valence-electron chi connectivity index (χ4n) is 1.61. The molecule has 0 atom stereocenters. The number of unbranched alkanes of at least 4 members (excludes halogenated alkanes) is 1. The van der Waals surface area contributed by atoms with Crippen molar-refractivity contribution in [3.05, 3.63) is 35.6 Å². The van der Waals surface area contributed by atoms with Crippen LogP contribution >= 0.6 is 0 Å². The maximum atomic E-state index is 12.9. The van der Waals surface area contributed by atoms with Crippen molar-refractivity contribution < 1.29 is 9.18 Å².